The van der Waals surface area contributed by atoms with Crippen LogP contribution in [0.3, 0.4) is 0 Å². The molecule has 1 aliphatic carbocycles. The molecule has 2 aromatic rings. The van der Waals surface area contributed by atoms with Crippen LogP contribution in [0.25, 0.3) is 0 Å². The third-order valence-corrected chi connectivity index (χ3v) is 3.96. The van der Waals surface area contributed by atoms with E-state index in [4.69, 9.17) is 17.3 Å². The average Bonchev–Trinajstić information content (AvgIpc) is 2.82. The number of hydrogen-bond acceptors (Lipinski definition) is 2. The second-order valence-electron chi connectivity index (χ2n) is 4.70. The number of hydrogen-bond donors (Lipinski definition) is 1. The third-order valence-electron chi connectivity index (χ3n) is 3.63. The standard InChI is InChI=1S/C15H15ClN2/c16-14-8-10(9-17)3-5-12(14)13-6-4-11-2-1-7-18-15(11)13/h1-3,5,7-8,13H,4,6,9,17H2. The summed E-state index contributed by atoms with van der Waals surface area (Å²) >= 11 is 6.37. The second-order valence-corrected chi connectivity index (χ2v) is 5.11. The zero-order valence-electron chi connectivity index (χ0n) is 10.1. The average molecular weight is 259 g/mol. The van der Waals surface area contributed by atoms with Gasteiger partial charge in [-0.3, -0.25) is 4.98 Å². The molecule has 0 fully saturated rings. The molecule has 0 amide bonds. The van der Waals surface area contributed by atoms with E-state index in [9.17, 15) is 0 Å². The molecule has 1 aromatic heterocycles. The zero-order valence-corrected chi connectivity index (χ0v) is 10.8. The van der Waals surface area contributed by atoms with Crippen LogP contribution in [-0.2, 0) is 13.0 Å². The molecule has 0 saturated carbocycles. The lowest BCUT2D eigenvalue weighted by Crippen LogP contribution is -2.02. The van der Waals surface area contributed by atoms with Gasteiger partial charge in [-0.2, -0.15) is 0 Å². The molecule has 2 N–H and O–H groups in total. The highest BCUT2D eigenvalue weighted by Crippen LogP contribution is 2.39. The molecule has 0 saturated heterocycles. The number of nitrogens with two attached hydrogens (primary N) is 1. The molecular formula is C15H15ClN2. The summed E-state index contributed by atoms with van der Waals surface area (Å²) in [6.45, 7) is 0.527. The van der Waals surface area contributed by atoms with Crippen molar-refractivity contribution in [3.05, 3.63) is 63.9 Å². The Morgan fingerprint density at radius 3 is 3.00 bits per heavy atom. The third kappa shape index (κ3) is 1.92. The summed E-state index contributed by atoms with van der Waals surface area (Å²) in [7, 11) is 0. The minimum Gasteiger partial charge on any atom is -0.326 e. The number of aryl methyl sites for hydroxylation is 1. The monoisotopic (exact) mass is 258 g/mol. The highest BCUT2D eigenvalue weighted by Gasteiger charge is 2.26. The molecule has 1 aromatic carbocycles. The predicted molar refractivity (Wildman–Crippen MR) is 73.7 cm³/mol. The van der Waals surface area contributed by atoms with Crippen molar-refractivity contribution in [2.75, 3.05) is 0 Å². The fourth-order valence-corrected chi connectivity index (χ4v) is 3.03. The first kappa shape index (κ1) is 11.7. The van der Waals surface area contributed by atoms with Crippen LogP contribution >= 0.6 is 11.6 Å². The molecule has 0 radical (unpaired) electrons. The van der Waals surface area contributed by atoms with E-state index in [2.05, 4.69) is 23.2 Å². The van der Waals surface area contributed by atoms with Crippen LogP contribution in [0.1, 0.15) is 34.7 Å². The van der Waals surface area contributed by atoms with E-state index < -0.39 is 0 Å². The van der Waals surface area contributed by atoms with E-state index in [0.29, 0.717) is 12.5 Å². The first-order chi connectivity index (χ1) is 8.79. The lowest BCUT2D eigenvalue weighted by Gasteiger charge is -2.13. The number of aromatic nitrogens is 1. The summed E-state index contributed by atoms with van der Waals surface area (Å²) in [6, 6.07) is 10.3. The van der Waals surface area contributed by atoms with Gasteiger partial charge in [-0.25, -0.2) is 0 Å². The fourth-order valence-electron chi connectivity index (χ4n) is 2.70. The topological polar surface area (TPSA) is 38.9 Å². The lowest BCUT2D eigenvalue weighted by atomic mass is 9.95. The second kappa shape index (κ2) is 4.71. The number of halogens is 1. The maximum absolute atomic E-state index is 6.37. The highest BCUT2D eigenvalue weighted by molar-refractivity contribution is 6.31. The smallest absolute Gasteiger partial charge is 0.0510 e. The SMILES string of the molecule is NCc1ccc(C2CCc3cccnc32)c(Cl)c1. The van der Waals surface area contributed by atoms with Crippen LogP contribution in [0.15, 0.2) is 36.5 Å². The molecule has 0 bridgehead atoms. The fraction of sp³-hybridized carbons (Fsp3) is 0.267. The van der Waals surface area contributed by atoms with Gasteiger partial charge in [0.2, 0.25) is 0 Å². The van der Waals surface area contributed by atoms with Gasteiger partial charge in [0.05, 0.1) is 5.69 Å². The number of fused-ring (bicyclic) bond motifs is 1. The van der Waals surface area contributed by atoms with Crippen LogP contribution in [0.2, 0.25) is 5.02 Å². The van der Waals surface area contributed by atoms with Gasteiger partial charge in [0.1, 0.15) is 0 Å². The Morgan fingerprint density at radius 2 is 2.22 bits per heavy atom. The maximum atomic E-state index is 6.37. The number of benzene rings is 1. The molecule has 1 atom stereocenters. The first-order valence-corrected chi connectivity index (χ1v) is 6.59. The van der Waals surface area contributed by atoms with Crippen molar-refractivity contribution in [3.8, 4) is 0 Å². The van der Waals surface area contributed by atoms with Gasteiger partial charge in [0.15, 0.2) is 0 Å². The molecule has 92 valence electrons. The van der Waals surface area contributed by atoms with Crippen LogP contribution in [0.5, 0.6) is 0 Å². The van der Waals surface area contributed by atoms with Crippen LogP contribution < -0.4 is 5.73 Å². The van der Waals surface area contributed by atoms with Crippen molar-refractivity contribution in [1.82, 2.24) is 4.98 Å². The van der Waals surface area contributed by atoms with E-state index >= 15 is 0 Å². The van der Waals surface area contributed by atoms with Crippen LogP contribution in [0, 0.1) is 0 Å². The van der Waals surface area contributed by atoms with Crippen molar-refractivity contribution in [1.29, 1.82) is 0 Å². The molecule has 18 heavy (non-hydrogen) atoms. The molecule has 1 heterocycles. The van der Waals surface area contributed by atoms with Crippen molar-refractivity contribution >= 4 is 11.6 Å². The normalized spacial score (nSPS) is 17.8. The van der Waals surface area contributed by atoms with Crippen molar-refractivity contribution in [3.63, 3.8) is 0 Å². The Hall–Kier alpha value is -1.38. The van der Waals surface area contributed by atoms with Gasteiger partial charge in [-0.15, -0.1) is 0 Å². The minimum atomic E-state index is 0.334. The number of rotatable bonds is 2. The van der Waals surface area contributed by atoms with Crippen LogP contribution in [0.4, 0.5) is 0 Å². The van der Waals surface area contributed by atoms with E-state index in [1.807, 2.05) is 18.3 Å². The Balaban J connectivity index is 2.02. The number of nitrogens with zero attached hydrogens (tertiary/aromatic N) is 1. The number of pyridine rings is 1. The Labute approximate surface area is 112 Å². The molecule has 0 spiro atoms. The lowest BCUT2D eigenvalue weighted by molar-refractivity contribution is 0.771. The molecule has 2 nitrogen and oxygen atoms in total. The van der Waals surface area contributed by atoms with Crippen LogP contribution in [-0.4, -0.2) is 4.98 Å². The summed E-state index contributed by atoms with van der Waals surface area (Å²) < 4.78 is 0. The zero-order chi connectivity index (χ0) is 12.5. The van der Waals surface area contributed by atoms with Gasteiger partial charge in [-0.05, 0) is 41.7 Å². The minimum absolute atomic E-state index is 0.334. The van der Waals surface area contributed by atoms with Gasteiger partial charge < -0.3 is 5.73 Å². The molecule has 3 rings (SSSR count). The maximum Gasteiger partial charge on any atom is 0.0510 e. The van der Waals surface area contributed by atoms with Crippen molar-refractivity contribution < 1.29 is 0 Å². The van der Waals surface area contributed by atoms with Crippen molar-refractivity contribution in [2.24, 2.45) is 5.73 Å². The molecular weight excluding hydrogens is 244 g/mol. The van der Waals surface area contributed by atoms with E-state index in [-0.39, 0.29) is 0 Å². The van der Waals surface area contributed by atoms with E-state index in [1.54, 1.807) is 0 Å². The summed E-state index contributed by atoms with van der Waals surface area (Å²) in [5, 5.41) is 0.807. The quantitative estimate of drug-likeness (QED) is 0.898. The predicted octanol–water partition coefficient (Wildman–Crippen LogP) is 3.27. The summed E-state index contributed by atoms with van der Waals surface area (Å²) in [5.74, 6) is 0.334. The summed E-state index contributed by atoms with van der Waals surface area (Å²) in [6.07, 6.45) is 4.04. The Bertz CT molecular complexity index is 580. The van der Waals surface area contributed by atoms with Crippen molar-refractivity contribution in [2.45, 2.75) is 25.3 Å². The largest absolute Gasteiger partial charge is 0.326 e. The Kier molecular flexibility index (Phi) is 3.06. The molecule has 3 heteroatoms. The summed E-state index contributed by atoms with van der Waals surface area (Å²) in [5.41, 5.74) is 10.4. The Morgan fingerprint density at radius 1 is 1.33 bits per heavy atom. The van der Waals surface area contributed by atoms with Gasteiger partial charge in [0, 0.05) is 23.7 Å². The molecule has 1 aliphatic rings. The van der Waals surface area contributed by atoms with Gasteiger partial charge >= 0.3 is 0 Å². The summed E-state index contributed by atoms with van der Waals surface area (Å²) in [4.78, 5) is 4.52. The first-order valence-electron chi connectivity index (χ1n) is 6.22. The molecule has 1 unspecified atom stereocenters. The highest BCUT2D eigenvalue weighted by atomic mass is 35.5. The van der Waals surface area contributed by atoms with E-state index in [0.717, 1.165) is 23.4 Å². The van der Waals surface area contributed by atoms with E-state index in [1.165, 1.54) is 16.8 Å². The van der Waals surface area contributed by atoms with Gasteiger partial charge in [0.25, 0.3) is 0 Å². The van der Waals surface area contributed by atoms with Gasteiger partial charge in [-0.1, -0.05) is 29.8 Å². The molecule has 0 aliphatic heterocycles.